The number of nitriles is 1. The average molecular weight is 459 g/mol. The van der Waals surface area contributed by atoms with E-state index in [1.165, 1.54) is 0 Å². The number of aryl methyl sites for hydroxylation is 1. The molecule has 0 aliphatic carbocycles. The molecule has 0 atom stereocenters. The Kier molecular flexibility index (Phi) is 7.33. The van der Waals surface area contributed by atoms with E-state index >= 15 is 0 Å². The van der Waals surface area contributed by atoms with Gasteiger partial charge >= 0.3 is 0 Å². The quantitative estimate of drug-likeness (QED) is 0.294. The molecule has 0 unspecified atom stereocenters. The first kappa shape index (κ1) is 22.1. The van der Waals surface area contributed by atoms with Gasteiger partial charge in [-0.15, -0.1) is 0 Å². The summed E-state index contributed by atoms with van der Waals surface area (Å²) in [6.45, 7) is 4.80. The largest absolute Gasteiger partial charge is 0.443 e. The van der Waals surface area contributed by atoms with E-state index < -0.39 is 0 Å². The molecule has 0 aliphatic heterocycles. The fourth-order valence-electron chi connectivity index (χ4n) is 2.60. The van der Waals surface area contributed by atoms with Crippen LogP contribution >= 0.6 is 34.7 Å². The number of ether oxygens (including phenoxy) is 1. The van der Waals surface area contributed by atoms with Crippen LogP contribution in [0, 0.1) is 18.3 Å². The van der Waals surface area contributed by atoms with Gasteiger partial charge in [0.1, 0.15) is 17.4 Å². The lowest BCUT2D eigenvalue weighted by Gasteiger charge is -2.11. The van der Waals surface area contributed by atoms with Crippen molar-refractivity contribution < 1.29 is 4.74 Å². The normalized spacial score (nSPS) is 10.9. The molecule has 154 valence electrons. The van der Waals surface area contributed by atoms with Gasteiger partial charge in [-0.05, 0) is 43.2 Å². The molecule has 30 heavy (non-hydrogen) atoms. The Hall–Kier alpha value is -2.59. The standard InChI is InChI=1S/C22H20Cl2N4OS/c1-4-28(3)13-26-20-9-14(2)21(11-18(20)24)29-22-17(12-25)19(27-30-22)10-15-5-7-16(23)8-6-15/h5-9,11,13H,4,10H2,1-3H3/b26-13-. The van der Waals surface area contributed by atoms with Crippen LogP contribution in [0.5, 0.6) is 10.8 Å². The zero-order chi connectivity index (χ0) is 21.7. The van der Waals surface area contributed by atoms with Crippen LogP contribution in [0.4, 0.5) is 5.69 Å². The first-order valence-corrected chi connectivity index (χ1v) is 10.8. The minimum Gasteiger partial charge on any atom is -0.443 e. The summed E-state index contributed by atoms with van der Waals surface area (Å²) >= 11 is 13.5. The van der Waals surface area contributed by atoms with Crippen LogP contribution in [0.3, 0.4) is 0 Å². The molecule has 3 rings (SSSR count). The molecule has 3 aromatic rings. The van der Waals surface area contributed by atoms with Crippen LogP contribution in [0.25, 0.3) is 0 Å². The predicted molar refractivity (Wildman–Crippen MR) is 124 cm³/mol. The van der Waals surface area contributed by atoms with Gasteiger partial charge in [-0.2, -0.15) is 9.64 Å². The smallest absolute Gasteiger partial charge is 0.218 e. The van der Waals surface area contributed by atoms with Crippen LogP contribution < -0.4 is 4.74 Å². The molecule has 1 aromatic heterocycles. The molecule has 2 aromatic carbocycles. The molecule has 0 saturated heterocycles. The second kappa shape index (κ2) is 9.94. The predicted octanol–water partition coefficient (Wildman–Crippen LogP) is 6.62. The van der Waals surface area contributed by atoms with Gasteiger partial charge < -0.3 is 9.64 Å². The lowest BCUT2D eigenvalue weighted by molar-refractivity contribution is 0.491. The first-order valence-electron chi connectivity index (χ1n) is 9.26. The van der Waals surface area contributed by atoms with E-state index in [0.717, 1.165) is 29.2 Å². The van der Waals surface area contributed by atoms with Gasteiger partial charge in [-0.3, -0.25) is 0 Å². The van der Waals surface area contributed by atoms with Gasteiger partial charge in [-0.25, -0.2) is 4.99 Å². The summed E-state index contributed by atoms with van der Waals surface area (Å²) in [6, 6.07) is 13.3. The van der Waals surface area contributed by atoms with Gasteiger partial charge in [0.05, 0.1) is 22.7 Å². The Morgan fingerprint density at radius 2 is 2.00 bits per heavy atom. The summed E-state index contributed by atoms with van der Waals surface area (Å²) in [5.41, 5.74) is 3.65. The van der Waals surface area contributed by atoms with Crippen LogP contribution in [-0.4, -0.2) is 29.2 Å². The highest BCUT2D eigenvalue weighted by atomic mass is 35.5. The van der Waals surface area contributed by atoms with Gasteiger partial charge in [-0.1, -0.05) is 35.3 Å². The van der Waals surface area contributed by atoms with Crippen molar-refractivity contribution >= 4 is 46.8 Å². The first-order chi connectivity index (χ1) is 14.4. The minimum atomic E-state index is 0.428. The fourth-order valence-corrected chi connectivity index (χ4v) is 3.66. The Balaban J connectivity index is 1.83. The van der Waals surface area contributed by atoms with E-state index in [1.807, 2.05) is 56.1 Å². The minimum absolute atomic E-state index is 0.428. The molecular weight excluding hydrogens is 439 g/mol. The Morgan fingerprint density at radius 3 is 2.67 bits per heavy atom. The van der Waals surface area contributed by atoms with Crippen molar-refractivity contribution in [3.05, 3.63) is 68.8 Å². The van der Waals surface area contributed by atoms with E-state index in [9.17, 15) is 5.26 Å². The number of hydrogen-bond donors (Lipinski definition) is 0. The molecular formula is C22H20Cl2N4OS. The van der Waals surface area contributed by atoms with E-state index in [4.69, 9.17) is 27.9 Å². The van der Waals surface area contributed by atoms with Crippen LogP contribution in [-0.2, 0) is 6.42 Å². The summed E-state index contributed by atoms with van der Waals surface area (Å²) in [7, 11) is 1.94. The molecule has 0 fully saturated rings. The molecule has 1 heterocycles. The summed E-state index contributed by atoms with van der Waals surface area (Å²) < 4.78 is 10.4. The number of nitrogens with zero attached hydrogens (tertiary/aromatic N) is 4. The lowest BCUT2D eigenvalue weighted by atomic mass is 10.1. The van der Waals surface area contributed by atoms with Gasteiger partial charge in [0, 0.05) is 42.6 Å². The Morgan fingerprint density at radius 1 is 1.27 bits per heavy atom. The van der Waals surface area contributed by atoms with Crippen LogP contribution in [0.15, 0.2) is 41.4 Å². The third kappa shape index (κ3) is 5.31. The molecule has 0 bridgehead atoms. The Bertz CT molecular complexity index is 1100. The number of aromatic nitrogens is 1. The summed E-state index contributed by atoms with van der Waals surface area (Å²) in [5.74, 6) is 0.570. The van der Waals surface area contributed by atoms with Crippen molar-refractivity contribution in [1.29, 1.82) is 5.26 Å². The van der Waals surface area contributed by atoms with Crippen molar-refractivity contribution in [3.8, 4) is 16.9 Å². The van der Waals surface area contributed by atoms with Crippen molar-refractivity contribution in [2.45, 2.75) is 20.3 Å². The van der Waals surface area contributed by atoms with Gasteiger partial charge in [0.15, 0.2) is 0 Å². The maximum absolute atomic E-state index is 9.67. The van der Waals surface area contributed by atoms with E-state index in [1.54, 1.807) is 12.4 Å². The highest BCUT2D eigenvalue weighted by molar-refractivity contribution is 7.08. The molecule has 5 nitrogen and oxygen atoms in total. The third-order valence-corrected chi connectivity index (χ3v) is 5.79. The number of benzene rings is 2. The zero-order valence-electron chi connectivity index (χ0n) is 16.8. The van der Waals surface area contributed by atoms with E-state index in [-0.39, 0.29) is 0 Å². The zero-order valence-corrected chi connectivity index (χ0v) is 19.1. The van der Waals surface area contributed by atoms with Crippen molar-refractivity contribution in [3.63, 3.8) is 0 Å². The Labute approximate surface area is 190 Å². The maximum Gasteiger partial charge on any atom is 0.218 e. The van der Waals surface area contributed by atoms with Gasteiger partial charge in [0.2, 0.25) is 5.06 Å². The summed E-state index contributed by atoms with van der Waals surface area (Å²) in [5, 5.41) is 11.3. The average Bonchev–Trinajstić information content (AvgIpc) is 3.11. The molecule has 8 heteroatoms. The highest BCUT2D eigenvalue weighted by Crippen LogP contribution is 2.38. The molecule has 0 saturated carbocycles. The van der Waals surface area contributed by atoms with Crippen molar-refractivity contribution in [1.82, 2.24) is 9.27 Å². The fraction of sp³-hybridized carbons (Fsp3) is 0.227. The molecule has 0 radical (unpaired) electrons. The topological polar surface area (TPSA) is 61.5 Å². The summed E-state index contributed by atoms with van der Waals surface area (Å²) in [4.78, 5) is 6.37. The molecule has 0 amide bonds. The number of hydrogen-bond acceptors (Lipinski definition) is 5. The second-order valence-electron chi connectivity index (χ2n) is 6.70. The monoisotopic (exact) mass is 458 g/mol. The van der Waals surface area contributed by atoms with Gasteiger partial charge in [0.25, 0.3) is 0 Å². The third-order valence-electron chi connectivity index (χ3n) is 4.47. The molecule has 0 N–H and O–H groups in total. The van der Waals surface area contributed by atoms with Crippen LogP contribution in [0.2, 0.25) is 10.0 Å². The highest BCUT2D eigenvalue weighted by Gasteiger charge is 2.18. The van der Waals surface area contributed by atoms with Crippen molar-refractivity contribution in [2.75, 3.05) is 13.6 Å². The number of rotatable bonds is 7. The van der Waals surface area contributed by atoms with E-state index in [0.29, 0.717) is 44.2 Å². The second-order valence-corrected chi connectivity index (χ2v) is 8.28. The SMILES string of the molecule is CCN(C)/C=N\c1cc(C)c(Oc2snc(Cc3ccc(Cl)cc3)c2C#N)cc1Cl. The molecule has 0 spiro atoms. The number of aliphatic imine (C=N–C) groups is 1. The van der Waals surface area contributed by atoms with E-state index in [2.05, 4.69) is 15.4 Å². The maximum atomic E-state index is 9.67. The summed E-state index contributed by atoms with van der Waals surface area (Å²) in [6.07, 6.45) is 2.26. The van der Waals surface area contributed by atoms with Crippen LogP contribution in [0.1, 0.15) is 29.3 Å². The van der Waals surface area contributed by atoms with Crippen molar-refractivity contribution in [2.24, 2.45) is 4.99 Å². The lowest BCUT2D eigenvalue weighted by Crippen LogP contribution is -2.14. The molecule has 0 aliphatic rings. The number of halogens is 2.